The number of aliphatic hydroxyl groups is 4. The molecule has 3 aliphatic rings. The number of phenols is 1. The zero-order chi connectivity index (χ0) is 26.1. The number of carboxylic acids is 2. The molecule has 0 spiro atoms. The molecule has 194 valence electrons. The molecule has 0 bridgehead atoms. The molecule has 0 unspecified atom stereocenters. The van der Waals surface area contributed by atoms with Crippen molar-refractivity contribution in [1.29, 1.82) is 0 Å². The fraction of sp³-hybridized carbons (Fsp3) is 0.435. The van der Waals surface area contributed by atoms with Crippen LogP contribution >= 0.6 is 0 Å². The average molecular weight is 506 g/mol. The first kappa shape index (κ1) is 25.6. The number of allylic oxidation sites excluding steroid dienone is 2. The zero-order valence-electron chi connectivity index (χ0n) is 18.8. The molecule has 3 heterocycles. The summed E-state index contributed by atoms with van der Waals surface area (Å²) in [5.41, 5.74) is 1.49. The second kappa shape index (κ2) is 10.2. The summed E-state index contributed by atoms with van der Waals surface area (Å²) in [5.74, 6) is -2.78. The molecule has 13 heteroatoms. The van der Waals surface area contributed by atoms with Gasteiger partial charge in [-0.15, -0.1) is 0 Å². The van der Waals surface area contributed by atoms with Gasteiger partial charge in [0.25, 0.3) is 0 Å². The Balaban J connectivity index is 1.57. The molecule has 13 nitrogen and oxygen atoms in total. The van der Waals surface area contributed by atoms with Crippen LogP contribution in [-0.4, -0.2) is 103 Å². The first-order valence-electron chi connectivity index (χ1n) is 11.1. The minimum atomic E-state index is -1.69. The average Bonchev–Trinajstić information content (AvgIpc) is 3.20. The van der Waals surface area contributed by atoms with Crippen LogP contribution in [0.4, 0.5) is 5.69 Å². The Morgan fingerprint density at radius 1 is 1.11 bits per heavy atom. The summed E-state index contributed by atoms with van der Waals surface area (Å²) in [7, 11) is 0. The van der Waals surface area contributed by atoms with Gasteiger partial charge in [0.2, 0.25) is 6.29 Å². The normalized spacial score (nSPS) is 31.8. The van der Waals surface area contributed by atoms with Gasteiger partial charge in [-0.1, -0.05) is 0 Å². The summed E-state index contributed by atoms with van der Waals surface area (Å²) in [5, 5.41) is 68.9. The van der Waals surface area contributed by atoms with E-state index >= 15 is 0 Å². The van der Waals surface area contributed by atoms with E-state index in [-0.39, 0.29) is 18.6 Å². The van der Waals surface area contributed by atoms with Crippen LogP contribution in [0, 0.1) is 0 Å². The molecular weight excluding hydrogens is 480 g/mol. The third kappa shape index (κ3) is 4.92. The number of aromatic hydroxyl groups is 1. The molecule has 0 aliphatic carbocycles. The molecule has 4 rings (SSSR count). The highest BCUT2D eigenvalue weighted by atomic mass is 16.7. The molecule has 1 aromatic rings. The molecule has 1 fully saturated rings. The number of aliphatic imine (C=N–C) groups is 1. The number of ether oxygens (including phenoxy) is 2. The van der Waals surface area contributed by atoms with Gasteiger partial charge in [-0.05, 0) is 29.4 Å². The number of hydrogen-bond acceptors (Lipinski definition) is 11. The quantitative estimate of drug-likeness (QED) is 0.231. The summed E-state index contributed by atoms with van der Waals surface area (Å²) in [6.45, 7) is -0.655. The Kier molecular flexibility index (Phi) is 7.28. The second-order valence-electron chi connectivity index (χ2n) is 8.64. The topological polar surface area (TPSA) is 210 Å². The van der Waals surface area contributed by atoms with Crippen molar-refractivity contribution in [1.82, 2.24) is 0 Å². The molecule has 3 aliphatic heterocycles. The van der Waals surface area contributed by atoms with Gasteiger partial charge in [0, 0.05) is 37.0 Å². The summed E-state index contributed by atoms with van der Waals surface area (Å²) in [6.07, 6.45) is -1.42. The van der Waals surface area contributed by atoms with Gasteiger partial charge in [0.05, 0.1) is 6.61 Å². The molecule has 0 amide bonds. The van der Waals surface area contributed by atoms with Crippen LogP contribution in [0.3, 0.4) is 0 Å². The number of aliphatic carboxylic acids is 2. The van der Waals surface area contributed by atoms with Gasteiger partial charge in [0.15, 0.2) is 17.5 Å². The van der Waals surface area contributed by atoms with Crippen LogP contribution in [0.15, 0.2) is 41.1 Å². The van der Waals surface area contributed by atoms with Crippen LogP contribution in [0.1, 0.15) is 12.0 Å². The van der Waals surface area contributed by atoms with Crippen LogP contribution in [-0.2, 0) is 20.7 Å². The van der Waals surface area contributed by atoms with Gasteiger partial charge < -0.3 is 50.1 Å². The van der Waals surface area contributed by atoms with Crippen molar-refractivity contribution in [3.05, 3.63) is 41.6 Å². The predicted octanol–water partition coefficient (Wildman–Crippen LogP) is -1.25. The lowest BCUT2D eigenvalue weighted by Crippen LogP contribution is -2.60. The number of dihydropyridines is 1. The van der Waals surface area contributed by atoms with Crippen molar-refractivity contribution in [2.45, 2.75) is 55.6 Å². The van der Waals surface area contributed by atoms with E-state index in [0.29, 0.717) is 16.8 Å². The maximum atomic E-state index is 11.9. The van der Waals surface area contributed by atoms with E-state index in [0.717, 1.165) is 0 Å². The minimum absolute atomic E-state index is 0.0403. The third-order valence-corrected chi connectivity index (χ3v) is 6.28. The monoisotopic (exact) mass is 506 g/mol. The standard InChI is InChI=1S/C23H26N2O11/c26-9-17-18(28)19(29)20(30)23(36-17)35-16-7-11-6-14(22(33)34)25(13(11)8-15(16)27)4-2-10-1-3-24-12(5-10)21(31)32/h1-4,7-8,12,14,17-20,23,26-30H,5-6,9H2,(H,31,32)(H,33,34)/b4-2+/t12-,14-,17+,18+,19-,20+,23+/m0/s1. The van der Waals surface area contributed by atoms with Crippen molar-refractivity contribution in [2.75, 3.05) is 11.5 Å². The molecule has 0 saturated carbocycles. The van der Waals surface area contributed by atoms with Gasteiger partial charge in [-0.3, -0.25) is 4.99 Å². The highest BCUT2D eigenvalue weighted by Gasteiger charge is 2.45. The number of benzene rings is 1. The number of nitrogens with zero attached hydrogens (tertiary/aromatic N) is 2. The molecule has 1 saturated heterocycles. The van der Waals surface area contributed by atoms with Crippen molar-refractivity contribution in [2.24, 2.45) is 4.99 Å². The molecule has 0 aromatic heterocycles. The number of rotatable bonds is 7. The first-order valence-corrected chi connectivity index (χ1v) is 11.1. The summed E-state index contributed by atoms with van der Waals surface area (Å²) in [4.78, 5) is 28.4. The van der Waals surface area contributed by atoms with Gasteiger partial charge in [0.1, 0.15) is 30.5 Å². The van der Waals surface area contributed by atoms with Crippen molar-refractivity contribution < 1.29 is 54.8 Å². The van der Waals surface area contributed by atoms with Crippen LogP contribution in [0.25, 0.3) is 0 Å². The lowest BCUT2D eigenvalue weighted by Gasteiger charge is -2.39. The number of aliphatic hydroxyl groups excluding tert-OH is 4. The number of fused-ring (bicyclic) bond motifs is 1. The van der Waals surface area contributed by atoms with Crippen molar-refractivity contribution in [3.63, 3.8) is 0 Å². The minimum Gasteiger partial charge on any atom is -0.504 e. The van der Waals surface area contributed by atoms with Crippen LogP contribution in [0.5, 0.6) is 11.5 Å². The lowest BCUT2D eigenvalue weighted by atomic mass is 9.99. The maximum Gasteiger partial charge on any atom is 0.328 e. The Bertz CT molecular complexity index is 1120. The fourth-order valence-electron chi connectivity index (χ4n) is 4.29. The molecule has 36 heavy (non-hydrogen) atoms. The number of anilines is 1. The smallest absolute Gasteiger partial charge is 0.328 e. The van der Waals surface area contributed by atoms with E-state index in [4.69, 9.17) is 9.47 Å². The highest BCUT2D eigenvalue weighted by molar-refractivity contribution is 5.85. The Hall–Kier alpha value is -3.49. The van der Waals surface area contributed by atoms with Crippen molar-refractivity contribution in [3.8, 4) is 11.5 Å². The maximum absolute atomic E-state index is 11.9. The van der Waals surface area contributed by atoms with Crippen molar-refractivity contribution >= 4 is 23.8 Å². The SMILES string of the molecule is O=C(O)[C@@H]1CC(/C=C/N2c3cc(O)c(O[C@@H]4O[C@H](CO)[C@@H](O)[C@H](O)[C@H]4O)cc3C[C@H]2C(=O)O)=CC=N1. The zero-order valence-corrected chi connectivity index (χ0v) is 18.8. The lowest BCUT2D eigenvalue weighted by molar-refractivity contribution is -0.277. The molecule has 0 radical (unpaired) electrons. The first-order chi connectivity index (χ1) is 17.1. The molecule has 7 N–H and O–H groups in total. The Morgan fingerprint density at radius 2 is 1.86 bits per heavy atom. The van der Waals surface area contributed by atoms with Crippen LogP contribution in [0.2, 0.25) is 0 Å². The van der Waals surface area contributed by atoms with E-state index < -0.39 is 67.1 Å². The van der Waals surface area contributed by atoms with E-state index in [9.17, 15) is 45.3 Å². The van der Waals surface area contributed by atoms with Crippen LogP contribution < -0.4 is 9.64 Å². The van der Waals surface area contributed by atoms with E-state index in [1.165, 1.54) is 29.4 Å². The molecular formula is C23H26N2O11. The van der Waals surface area contributed by atoms with Gasteiger partial charge >= 0.3 is 11.9 Å². The molecule has 1 aromatic carbocycles. The summed E-state index contributed by atoms with van der Waals surface area (Å²) >= 11 is 0. The predicted molar refractivity (Wildman–Crippen MR) is 122 cm³/mol. The number of hydrogen-bond donors (Lipinski definition) is 7. The van der Waals surface area contributed by atoms with Gasteiger partial charge in [-0.25, -0.2) is 9.59 Å². The third-order valence-electron chi connectivity index (χ3n) is 6.28. The van der Waals surface area contributed by atoms with Gasteiger partial charge in [-0.2, -0.15) is 0 Å². The number of carbonyl (C=O) groups is 2. The number of carboxylic acid groups (broad SMARTS) is 2. The Labute approximate surface area is 204 Å². The van der Waals surface area contributed by atoms with E-state index in [2.05, 4.69) is 4.99 Å². The van der Waals surface area contributed by atoms with E-state index in [1.807, 2.05) is 0 Å². The highest BCUT2D eigenvalue weighted by Crippen LogP contribution is 2.42. The fourth-order valence-corrected chi connectivity index (χ4v) is 4.29. The molecule has 7 atom stereocenters. The number of phenolic OH excluding ortho intramolecular Hbond substituents is 1. The summed E-state index contributed by atoms with van der Waals surface area (Å²) in [6, 6.07) is 0.704. The Morgan fingerprint density at radius 3 is 2.53 bits per heavy atom. The summed E-state index contributed by atoms with van der Waals surface area (Å²) < 4.78 is 10.8. The second-order valence-corrected chi connectivity index (χ2v) is 8.64. The van der Waals surface area contributed by atoms with E-state index in [1.54, 1.807) is 12.2 Å². The largest absolute Gasteiger partial charge is 0.504 e.